The molecule has 0 saturated carbocycles. The minimum atomic E-state index is -0.194. The van der Waals surface area contributed by atoms with Crippen LogP contribution in [-0.4, -0.2) is 23.8 Å². The van der Waals surface area contributed by atoms with Crippen molar-refractivity contribution in [3.63, 3.8) is 0 Å². The van der Waals surface area contributed by atoms with Crippen LogP contribution >= 0.6 is 0 Å². The first-order valence-corrected chi connectivity index (χ1v) is 6.74. The Labute approximate surface area is 124 Å². The summed E-state index contributed by atoms with van der Waals surface area (Å²) in [5.74, 6) is -0.316. The van der Waals surface area contributed by atoms with Gasteiger partial charge in [0.15, 0.2) is 0 Å². The number of anilines is 1. The summed E-state index contributed by atoms with van der Waals surface area (Å²) in [4.78, 5) is 25.4. The highest BCUT2D eigenvalue weighted by Crippen LogP contribution is 2.17. The van der Waals surface area contributed by atoms with Gasteiger partial charge >= 0.3 is 0 Å². The molecule has 0 atom stereocenters. The van der Waals surface area contributed by atoms with Crippen LogP contribution in [0.4, 0.5) is 5.69 Å². The van der Waals surface area contributed by atoms with Crippen LogP contribution < -0.4 is 5.32 Å². The Morgan fingerprint density at radius 1 is 1.00 bits per heavy atom. The van der Waals surface area contributed by atoms with Gasteiger partial charge in [0.1, 0.15) is 0 Å². The second-order valence-corrected chi connectivity index (χ2v) is 4.87. The van der Waals surface area contributed by atoms with E-state index in [9.17, 15) is 9.59 Å². The number of carbonyl (C=O) groups is 2. The minimum Gasteiger partial charge on any atom is -0.337 e. The van der Waals surface area contributed by atoms with Crippen molar-refractivity contribution < 1.29 is 9.59 Å². The molecule has 108 valence electrons. The zero-order chi connectivity index (χ0) is 15.2. The van der Waals surface area contributed by atoms with Crippen molar-refractivity contribution in [1.29, 1.82) is 0 Å². The minimum absolute atomic E-state index is 0.122. The first-order valence-electron chi connectivity index (χ1n) is 6.74. The molecule has 21 heavy (non-hydrogen) atoms. The summed E-state index contributed by atoms with van der Waals surface area (Å²) < 4.78 is 0. The summed E-state index contributed by atoms with van der Waals surface area (Å²) >= 11 is 0. The lowest BCUT2D eigenvalue weighted by Crippen LogP contribution is -2.27. The van der Waals surface area contributed by atoms with Gasteiger partial charge in [-0.1, -0.05) is 42.5 Å². The lowest BCUT2D eigenvalue weighted by atomic mass is 10.1. The fourth-order valence-electron chi connectivity index (χ4n) is 2.10. The average Bonchev–Trinajstić information content (AvgIpc) is 2.47. The molecule has 0 saturated heterocycles. The van der Waals surface area contributed by atoms with Crippen LogP contribution in [0, 0.1) is 0 Å². The molecule has 4 heteroatoms. The van der Waals surface area contributed by atoms with E-state index >= 15 is 0 Å². The molecule has 0 aliphatic rings. The average molecular weight is 282 g/mol. The van der Waals surface area contributed by atoms with E-state index in [4.69, 9.17) is 0 Å². The molecule has 0 unspecified atom stereocenters. The number of hydrogen-bond acceptors (Lipinski definition) is 2. The Balaban J connectivity index is 2.17. The van der Waals surface area contributed by atoms with Crippen LogP contribution in [0.2, 0.25) is 0 Å². The molecule has 0 fully saturated rings. The molecular weight excluding hydrogens is 264 g/mol. The zero-order valence-electron chi connectivity index (χ0n) is 12.2. The van der Waals surface area contributed by atoms with E-state index in [0.29, 0.717) is 17.8 Å². The van der Waals surface area contributed by atoms with E-state index in [0.717, 1.165) is 5.56 Å². The van der Waals surface area contributed by atoms with E-state index < -0.39 is 0 Å². The number of hydrogen-bond donors (Lipinski definition) is 1. The number of rotatable bonds is 4. The highest BCUT2D eigenvalue weighted by atomic mass is 16.2. The number of para-hydroxylation sites is 1. The van der Waals surface area contributed by atoms with Crippen molar-refractivity contribution >= 4 is 17.5 Å². The summed E-state index contributed by atoms with van der Waals surface area (Å²) in [5, 5.41) is 2.69. The maximum Gasteiger partial charge on any atom is 0.256 e. The van der Waals surface area contributed by atoms with Crippen molar-refractivity contribution in [2.45, 2.75) is 13.5 Å². The van der Waals surface area contributed by atoms with Gasteiger partial charge in [-0.05, 0) is 17.7 Å². The Hall–Kier alpha value is -2.62. The van der Waals surface area contributed by atoms with Gasteiger partial charge in [0, 0.05) is 20.5 Å². The Morgan fingerprint density at radius 3 is 2.29 bits per heavy atom. The maximum absolute atomic E-state index is 12.5. The number of nitrogens with one attached hydrogen (secondary N) is 1. The van der Waals surface area contributed by atoms with Crippen molar-refractivity contribution in [3.8, 4) is 0 Å². The van der Waals surface area contributed by atoms with E-state index in [1.807, 2.05) is 30.3 Å². The van der Waals surface area contributed by atoms with Gasteiger partial charge in [-0.2, -0.15) is 0 Å². The number of benzene rings is 2. The topological polar surface area (TPSA) is 49.4 Å². The maximum atomic E-state index is 12.5. The summed E-state index contributed by atoms with van der Waals surface area (Å²) in [6.07, 6.45) is 0. The van der Waals surface area contributed by atoms with Gasteiger partial charge < -0.3 is 10.2 Å². The molecule has 2 rings (SSSR count). The second-order valence-electron chi connectivity index (χ2n) is 4.87. The molecular formula is C17H18N2O2. The van der Waals surface area contributed by atoms with Crippen LogP contribution in [0.5, 0.6) is 0 Å². The van der Waals surface area contributed by atoms with E-state index in [1.165, 1.54) is 6.92 Å². The van der Waals surface area contributed by atoms with Gasteiger partial charge in [0.25, 0.3) is 5.91 Å². The SMILES string of the molecule is CC(=O)Nc1ccccc1C(=O)N(C)Cc1ccccc1. The summed E-state index contributed by atoms with van der Waals surface area (Å²) in [7, 11) is 1.75. The number of nitrogens with zero attached hydrogens (tertiary/aromatic N) is 1. The lowest BCUT2D eigenvalue weighted by Gasteiger charge is -2.19. The molecule has 2 aromatic rings. The van der Waals surface area contributed by atoms with E-state index in [2.05, 4.69) is 5.32 Å². The van der Waals surface area contributed by atoms with Gasteiger partial charge in [-0.3, -0.25) is 9.59 Å². The quantitative estimate of drug-likeness (QED) is 0.937. The molecule has 2 amide bonds. The van der Waals surface area contributed by atoms with Gasteiger partial charge in [0.2, 0.25) is 5.91 Å². The highest BCUT2D eigenvalue weighted by Gasteiger charge is 2.16. The Bertz CT molecular complexity index is 638. The standard InChI is InChI=1S/C17H18N2O2/c1-13(20)18-16-11-7-6-10-15(16)17(21)19(2)12-14-8-4-3-5-9-14/h3-11H,12H2,1-2H3,(H,18,20). The molecule has 2 aromatic carbocycles. The first-order chi connectivity index (χ1) is 10.1. The molecule has 0 aromatic heterocycles. The normalized spacial score (nSPS) is 10.0. The predicted molar refractivity (Wildman–Crippen MR) is 83.0 cm³/mol. The molecule has 0 aliphatic heterocycles. The predicted octanol–water partition coefficient (Wildman–Crippen LogP) is 2.92. The third-order valence-electron chi connectivity index (χ3n) is 3.08. The van der Waals surface area contributed by atoms with Crippen molar-refractivity contribution in [2.24, 2.45) is 0 Å². The largest absolute Gasteiger partial charge is 0.337 e. The lowest BCUT2D eigenvalue weighted by molar-refractivity contribution is -0.114. The molecule has 0 bridgehead atoms. The van der Waals surface area contributed by atoms with Crippen molar-refractivity contribution in [3.05, 3.63) is 65.7 Å². The van der Waals surface area contributed by atoms with Gasteiger partial charge in [-0.25, -0.2) is 0 Å². The third kappa shape index (κ3) is 3.92. The van der Waals surface area contributed by atoms with Crippen molar-refractivity contribution in [1.82, 2.24) is 4.90 Å². The Morgan fingerprint density at radius 2 is 1.62 bits per heavy atom. The molecule has 4 nitrogen and oxygen atoms in total. The molecule has 0 aliphatic carbocycles. The van der Waals surface area contributed by atoms with E-state index in [-0.39, 0.29) is 11.8 Å². The molecule has 0 radical (unpaired) electrons. The first kappa shape index (κ1) is 14.8. The summed E-state index contributed by atoms with van der Waals surface area (Å²) in [6.45, 7) is 1.95. The molecule has 0 spiro atoms. The van der Waals surface area contributed by atoms with Crippen LogP contribution in [0.3, 0.4) is 0 Å². The van der Waals surface area contributed by atoms with Crippen LogP contribution in [-0.2, 0) is 11.3 Å². The number of carbonyl (C=O) groups excluding carboxylic acids is 2. The third-order valence-corrected chi connectivity index (χ3v) is 3.08. The Kier molecular flexibility index (Phi) is 4.72. The monoisotopic (exact) mass is 282 g/mol. The van der Waals surface area contributed by atoms with E-state index in [1.54, 1.807) is 36.2 Å². The van der Waals surface area contributed by atoms with Gasteiger partial charge in [0.05, 0.1) is 11.3 Å². The zero-order valence-corrected chi connectivity index (χ0v) is 12.2. The number of amides is 2. The van der Waals surface area contributed by atoms with Gasteiger partial charge in [-0.15, -0.1) is 0 Å². The summed E-state index contributed by atoms with van der Waals surface area (Å²) in [6, 6.07) is 16.8. The highest BCUT2D eigenvalue weighted by molar-refractivity contribution is 6.03. The van der Waals surface area contributed by atoms with Crippen molar-refractivity contribution in [2.75, 3.05) is 12.4 Å². The van der Waals surface area contributed by atoms with Crippen LogP contribution in [0.25, 0.3) is 0 Å². The fourth-order valence-corrected chi connectivity index (χ4v) is 2.10. The molecule has 1 N–H and O–H groups in total. The fraction of sp³-hybridized carbons (Fsp3) is 0.176. The molecule has 0 heterocycles. The van der Waals surface area contributed by atoms with Crippen LogP contribution in [0.15, 0.2) is 54.6 Å². The second kappa shape index (κ2) is 6.70. The smallest absolute Gasteiger partial charge is 0.256 e. The van der Waals surface area contributed by atoms with Crippen LogP contribution in [0.1, 0.15) is 22.8 Å². The summed E-state index contributed by atoms with van der Waals surface area (Å²) in [5.41, 5.74) is 2.09.